The molecule has 2 atom stereocenters. The fourth-order valence-electron chi connectivity index (χ4n) is 3.59. The van der Waals surface area contributed by atoms with Crippen molar-refractivity contribution in [2.24, 2.45) is 11.7 Å². The number of rotatable bonds is 4. The molecule has 0 radical (unpaired) electrons. The van der Waals surface area contributed by atoms with Crippen LogP contribution < -0.4 is 10.5 Å². The van der Waals surface area contributed by atoms with Crippen LogP contribution in [0.3, 0.4) is 0 Å². The van der Waals surface area contributed by atoms with Crippen molar-refractivity contribution in [2.45, 2.75) is 50.7 Å². The smallest absolute Gasteiger partial charge is 0.222 e. The van der Waals surface area contributed by atoms with E-state index in [9.17, 15) is 4.79 Å². The topological polar surface area (TPSA) is 55.6 Å². The zero-order chi connectivity index (χ0) is 15.4. The van der Waals surface area contributed by atoms with Gasteiger partial charge in [-0.25, -0.2) is 0 Å². The number of amides is 1. The predicted octanol–water partition coefficient (Wildman–Crippen LogP) is 3.00. The highest BCUT2D eigenvalue weighted by Crippen LogP contribution is 2.28. The number of hydrogen-bond donors (Lipinski definition) is 1. The van der Waals surface area contributed by atoms with Crippen LogP contribution in [0.25, 0.3) is 0 Å². The highest BCUT2D eigenvalue weighted by molar-refractivity contribution is 5.85. The van der Waals surface area contributed by atoms with E-state index < -0.39 is 0 Å². The number of nitrogens with zero attached hydrogens (tertiary/aromatic N) is 1. The Morgan fingerprint density at radius 1 is 1.13 bits per heavy atom. The van der Waals surface area contributed by atoms with Gasteiger partial charge in [0, 0.05) is 38.4 Å². The van der Waals surface area contributed by atoms with Crippen molar-refractivity contribution in [1.29, 1.82) is 0 Å². The minimum Gasteiger partial charge on any atom is -0.490 e. The molecule has 0 aromatic heterocycles. The van der Waals surface area contributed by atoms with Gasteiger partial charge < -0.3 is 15.4 Å². The lowest BCUT2D eigenvalue weighted by atomic mass is 9.98. The third-order valence-electron chi connectivity index (χ3n) is 5.00. The van der Waals surface area contributed by atoms with Crippen LogP contribution in [0, 0.1) is 5.92 Å². The first-order valence-electron chi connectivity index (χ1n) is 8.47. The number of carbonyl (C=O) groups is 1. The average Bonchev–Trinajstić information content (AvgIpc) is 2.94. The molecule has 1 amide bonds. The molecule has 23 heavy (non-hydrogen) atoms. The molecule has 1 aromatic carbocycles. The Balaban J connectivity index is 0.00000192. The van der Waals surface area contributed by atoms with Gasteiger partial charge in [0.15, 0.2) is 0 Å². The summed E-state index contributed by atoms with van der Waals surface area (Å²) in [6.45, 7) is 1.61. The van der Waals surface area contributed by atoms with Gasteiger partial charge in [0.2, 0.25) is 5.91 Å². The summed E-state index contributed by atoms with van der Waals surface area (Å²) in [7, 11) is 0. The second kappa shape index (κ2) is 8.55. The average molecular weight is 339 g/mol. The number of ether oxygens (including phenoxy) is 1. The van der Waals surface area contributed by atoms with Crippen molar-refractivity contribution >= 4 is 18.3 Å². The van der Waals surface area contributed by atoms with E-state index in [0.29, 0.717) is 12.3 Å². The van der Waals surface area contributed by atoms with Crippen molar-refractivity contribution in [3.05, 3.63) is 30.3 Å². The molecule has 1 saturated heterocycles. The molecule has 1 aliphatic carbocycles. The van der Waals surface area contributed by atoms with Gasteiger partial charge in [-0.05, 0) is 30.9 Å². The number of benzene rings is 1. The largest absolute Gasteiger partial charge is 0.490 e. The molecule has 0 bridgehead atoms. The molecular formula is C18H27ClN2O2. The third-order valence-corrected chi connectivity index (χ3v) is 5.00. The quantitative estimate of drug-likeness (QED) is 0.918. The van der Waals surface area contributed by atoms with E-state index >= 15 is 0 Å². The SMILES string of the molecule is Cl.N[C@@H]1CCC[C@H]1CC(=O)N1CCC(Oc2ccccc2)CC1. The highest BCUT2D eigenvalue weighted by atomic mass is 35.5. The summed E-state index contributed by atoms with van der Waals surface area (Å²) in [6.07, 6.45) is 6.04. The molecule has 1 heterocycles. The van der Waals surface area contributed by atoms with Crippen LogP contribution in [0.2, 0.25) is 0 Å². The molecular weight excluding hydrogens is 312 g/mol. The monoisotopic (exact) mass is 338 g/mol. The van der Waals surface area contributed by atoms with Crippen LogP contribution in [-0.2, 0) is 4.79 Å². The lowest BCUT2D eigenvalue weighted by Crippen LogP contribution is -2.43. The molecule has 0 spiro atoms. The number of para-hydroxylation sites is 1. The number of hydrogen-bond acceptors (Lipinski definition) is 3. The fraction of sp³-hybridized carbons (Fsp3) is 0.611. The van der Waals surface area contributed by atoms with Crippen LogP contribution >= 0.6 is 12.4 Å². The lowest BCUT2D eigenvalue weighted by molar-refractivity contribution is -0.134. The molecule has 2 fully saturated rings. The van der Waals surface area contributed by atoms with E-state index in [1.165, 1.54) is 6.42 Å². The van der Waals surface area contributed by atoms with Crippen LogP contribution in [-0.4, -0.2) is 36.0 Å². The maximum Gasteiger partial charge on any atom is 0.222 e. The summed E-state index contributed by atoms with van der Waals surface area (Å²) >= 11 is 0. The van der Waals surface area contributed by atoms with Gasteiger partial charge in [0.05, 0.1) is 0 Å². The van der Waals surface area contributed by atoms with Gasteiger partial charge in [0.1, 0.15) is 11.9 Å². The fourth-order valence-corrected chi connectivity index (χ4v) is 3.59. The molecule has 0 unspecified atom stereocenters. The molecule has 3 rings (SSSR count). The molecule has 5 heteroatoms. The Hall–Kier alpha value is -1.26. The lowest BCUT2D eigenvalue weighted by Gasteiger charge is -2.33. The van der Waals surface area contributed by atoms with Crippen molar-refractivity contribution < 1.29 is 9.53 Å². The van der Waals surface area contributed by atoms with Crippen molar-refractivity contribution in [1.82, 2.24) is 4.90 Å². The Morgan fingerprint density at radius 2 is 1.83 bits per heavy atom. The molecule has 2 N–H and O–H groups in total. The number of likely N-dealkylation sites (tertiary alicyclic amines) is 1. The van der Waals surface area contributed by atoms with Crippen molar-refractivity contribution in [3.8, 4) is 5.75 Å². The summed E-state index contributed by atoms with van der Waals surface area (Å²) in [5.41, 5.74) is 6.07. The Kier molecular flexibility index (Phi) is 6.72. The number of carbonyl (C=O) groups excluding carboxylic acids is 1. The summed E-state index contributed by atoms with van der Waals surface area (Å²) in [4.78, 5) is 14.4. The van der Waals surface area contributed by atoms with Crippen molar-refractivity contribution in [2.75, 3.05) is 13.1 Å². The maximum absolute atomic E-state index is 12.4. The molecule has 1 aromatic rings. The Bertz CT molecular complexity index is 489. The van der Waals surface area contributed by atoms with Gasteiger partial charge in [-0.3, -0.25) is 4.79 Å². The summed E-state index contributed by atoms with van der Waals surface area (Å²) < 4.78 is 5.98. The van der Waals surface area contributed by atoms with E-state index in [4.69, 9.17) is 10.5 Å². The van der Waals surface area contributed by atoms with Gasteiger partial charge in [-0.2, -0.15) is 0 Å². The first-order valence-corrected chi connectivity index (χ1v) is 8.47. The van der Waals surface area contributed by atoms with E-state index in [0.717, 1.165) is 44.5 Å². The second-order valence-electron chi connectivity index (χ2n) is 6.57. The Labute approximate surface area is 144 Å². The highest BCUT2D eigenvalue weighted by Gasteiger charge is 2.30. The summed E-state index contributed by atoms with van der Waals surface area (Å²) in [6, 6.07) is 10.2. The van der Waals surface area contributed by atoms with Crippen molar-refractivity contribution in [3.63, 3.8) is 0 Å². The zero-order valence-corrected chi connectivity index (χ0v) is 14.3. The van der Waals surface area contributed by atoms with E-state index in [-0.39, 0.29) is 30.5 Å². The van der Waals surface area contributed by atoms with Crippen LogP contribution in [0.15, 0.2) is 30.3 Å². The van der Waals surface area contributed by atoms with E-state index in [1.54, 1.807) is 0 Å². The number of piperidine rings is 1. The predicted molar refractivity (Wildman–Crippen MR) is 93.9 cm³/mol. The Morgan fingerprint density at radius 3 is 2.43 bits per heavy atom. The third kappa shape index (κ3) is 4.85. The minimum absolute atomic E-state index is 0. The standard InChI is InChI=1S/C18H26N2O2.ClH/c19-17-8-4-5-14(17)13-18(21)20-11-9-16(10-12-20)22-15-6-2-1-3-7-15;/h1-3,6-7,14,16-17H,4-5,8-13,19H2;1H/t14-,17+;/m0./s1. The molecule has 4 nitrogen and oxygen atoms in total. The number of halogens is 1. The molecule has 1 aliphatic heterocycles. The normalized spacial score (nSPS) is 25.0. The van der Waals surface area contributed by atoms with E-state index in [2.05, 4.69) is 0 Å². The molecule has 1 saturated carbocycles. The number of nitrogens with two attached hydrogens (primary N) is 1. The first kappa shape index (κ1) is 18.1. The van der Waals surface area contributed by atoms with Crippen LogP contribution in [0.1, 0.15) is 38.5 Å². The summed E-state index contributed by atoms with van der Waals surface area (Å²) in [5, 5.41) is 0. The summed E-state index contributed by atoms with van der Waals surface area (Å²) in [5.74, 6) is 1.59. The van der Waals surface area contributed by atoms with E-state index in [1.807, 2.05) is 35.2 Å². The van der Waals surface area contributed by atoms with Gasteiger partial charge in [-0.15, -0.1) is 12.4 Å². The second-order valence-corrected chi connectivity index (χ2v) is 6.57. The van der Waals surface area contributed by atoms with Gasteiger partial charge in [0.25, 0.3) is 0 Å². The first-order chi connectivity index (χ1) is 10.7. The molecule has 2 aliphatic rings. The van der Waals surface area contributed by atoms with Crippen LogP contribution in [0.4, 0.5) is 0 Å². The molecule has 128 valence electrons. The maximum atomic E-state index is 12.4. The van der Waals surface area contributed by atoms with Gasteiger partial charge >= 0.3 is 0 Å². The minimum atomic E-state index is 0. The van der Waals surface area contributed by atoms with Gasteiger partial charge in [-0.1, -0.05) is 24.6 Å². The zero-order valence-electron chi connectivity index (χ0n) is 13.5. The van der Waals surface area contributed by atoms with Crippen LogP contribution in [0.5, 0.6) is 5.75 Å².